The summed E-state index contributed by atoms with van der Waals surface area (Å²) >= 11 is 0. The molecule has 0 fully saturated rings. The molecule has 2 aromatic carbocycles. The molecule has 0 atom stereocenters. The third kappa shape index (κ3) is 4.54. The van der Waals surface area contributed by atoms with Crippen LogP contribution < -0.4 is 5.43 Å². The zero-order valence-electron chi connectivity index (χ0n) is 15.5. The van der Waals surface area contributed by atoms with E-state index in [9.17, 15) is 0 Å². The lowest BCUT2D eigenvalue weighted by Gasteiger charge is -2.09. The summed E-state index contributed by atoms with van der Waals surface area (Å²) in [7, 11) is 0. The summed E-state index contributed by atoms with van der Waals surface area (Å²) in [5.41, 5.74) is 8.51. The van der Waals surface area contributed by atoms with Gasteiger partial charge in [-0.2, -0.15) is 5.10 Å². The first kappa shape index (κ1) is 17.8. The molecule has 1 N–H and O–H groups in total. The van der Waals surface area contributed by atoms with Crippen molar-refractivity contribution >= 4 is 11.5 Å². The number of anilines is 1. The molecule has 3 aromatic rings. The van der Waals surface area contributed by atoms with E-state index in [0.717, 1.165) is 41.2 Å². The molecule has 0 saturated heterocycles. The van der Waals surface area contributed by atoms with E-state index in [4.69, 9.17) is 0 Å². The molecule has 0 aliphatic heterocycles. The highest BCUT2D eigenvalue weighted by molar-refractivity contribution is 6.00. The molecule has 26 heavy (non-hydrogen) atoms. The second-order valence-corrected chi connectivity index (χ2v) is 6.34. The average molecular weight is 344 g/mol. The Balaban J connectivity index is 1.88. The molecule has 4 nitrogen and oxygen atoms in total. The van der Waals surface area contributed by atoms with Crippen LogP contribution in [0.3, 0.4) is 0 Å². The first-order valence-electron chi connectivity index (χ1n) is 8.96. The van der Waals surface area contributed by atoms with Crippen LogP contribution in [0.25, 0.3) is 11.3 Å². The highest BCUT2D eigenvalue weighted by atomic mass is 15.3. The van der Waals surface area contributed by atoms with Crippen LogP contribution in [-0.2, 0) is 0 Å². The maximum Gasteiger partial charge on any atom is 0.150 e. The van der Waals surface area contributed by atoms with Gasteiger partial charge in [0.2, 0.25) is 0 Å². The number of hydrogen-bond acceptors (Lipinski definition) is 4. The zero-order chi connectivity index (χ0) is 18.4. The van der Waals surface area contributed by atoms with E-state index in [2.05, 4.69) is 58.6 Å². The van der Waals surface area contributed by atoms with Gasteiger partial charge in [0.05, 0.1) is 11.4 Å². The highest BCUT2D eigenvalue weighted by Gasteiger charge is 2.06. The van der Waals surface area contributed by atoms with Crippen LogP contribution in [0, 0.1) is 13.8 Å². The lowest BCUT2D eigenvalue weighted by Crippen LogP contribution is -2.06. The van der Waals surface area contributed by atoms with Gasteiger partial charge >= 0.3 is 0 Å². The molecule has 0 aliphatic rings. The third-order valence-corrected chi connectivity index (χ3v) is 4.08. The molecule has 0 spiro atoms. The fourth-order valence-corrected chi connectivity index (χ4v) is 2.75. The Morgan fingerprint density at radius 2 is 1.69 bits per heavy atom. The number of benzene rings is 2. The van der Waals surface area contributed by atoms with Crippen molar-refractivity contribution in [2.45, 2.75) is 33.6 Å². The molecule has 0 radical (unpaired) electrons. The van der Waals surface area contributed by atoms with Crippen molar-refractivity contribution < 1.29 is 0 Å². The van der Waals surface area contributed by atoms with Crippen LogP contribution in [0.1, 0.15) is 36.7 Å². The molecule has 3 rings (SSSR count). The van der Waals surface area contributed by atoms with Crippen LogP contribution in [0.4, 0.5) is 5.82 Å². The number of aryl methyl sites for hydroxylation is 2. The van der Waals surface area contributed by atoms with Gasteiger partial charge in [-0.1, -0.05) is 73.5 Å². The Labute approximate surface area is 155 Å². The Hall–Kier alpha value is -3.01. The van der Waals surface area contributed by atoms with Crippen LogP contribution in [0.5, 0.6) is 0 Å². The minimum atomic E-state index is 0.706. The first-order chi connectivity index (χ1) is 12.7. The summed E-state index contributed by atoms with van der Waals surface area (Å²) in [6.07, 6.45) is 1.94. The number of aromatic nitrogens is 2. The van der Waals surface area contributed by atoms with Gasteiger partial charge in [0.25, 0.3) is 0 Å². The Bertz CT molecular complexity index is 884. The van der Waals surface area contributed by atoms with Crippen molar-refractivity contribution in [3.05, 3.63) is 77.6 Å². The summed E-state index contributed by atoms with van der Waals surface area (Å²) in [5, 5.41) is 4.64. The molecular weight excluding hydrogens is 320 g/mol. The van der Waals surface area contributed by atoms with Gasteiger partial charge in [-0.3, -0.25) is 5.43 Å². The fourth-order valence-electron chi connectivity index (χ4n) is 2.75. The lowest BCUT2D eigenvalue weighted by molar-refractivity contribution is 0.983. The Kier molecular flexibility index (Phi) is 5.74. The van der Waals surface area contributed by atoms with Gasteiger partial charge in [0, 0.05) is 11.6 Å². The predicted octanol–water partition coefficient (Wildman–Crippen LogP) is 5.38. The predicted molar refractivity (Wildman–Crippen MR) is 108 cm³/mol. The molecular formula is C22H24N4. The van der Waals surface area contributed by atoms with E-state index in [1.807, 2.05) is 43.3 Å². The highest BCUT2D eigenvalue weighted by Crippen LogP contribution is 2.19. The zero-order valence-corrected chi connectivity index (χ0v) is 15.5. The SMILES string of the molecule is CCC/C(=N\Nc1cc(-c2ccccc2)nc(C)n1)c1ccc(C)cc1. The van der Waals surface area contributed by atoms with Crippen LogP contribution in [-0.4, -0.2) is 15.7 Å². The van der Waals surface area contributed by atoms with Gasteiger partial charge in [-0.15, -0.1) is 0 Å². The van der Waals surface area contributed by atoms with E-state index in [1.165, 1.54) is 5.56 Å². The molecule has 0 amide bonds. The lowest BCUT2D eigenvalue weighted by atomic mass is 10.0. The maximum absolute atomic E-state index is 4.64. The summed E-state index contributed by atoms with van der Waals surface area (Å²) < 4.78 is 0. The first-order valence-corrected chi connectivity index (χ1v) is 8.96. The van der Waals surface area contributed by atoms with Gasteiger partial charge in [-0.25, -0.2) is 9.97 Å². The molecule has 0 bridgehead atoms. The smallest absolute Gasteiger partial charge is 0.150 e. The van der Waals surface area contributed by atoms with E-state index < -0.39 is 0 Å². The molecule has 132 valence electrons. The normalized spacial score (nSPS) is 11.4. The van der Waals surface area contributed by atoms with Gasteiger partial charge in [0.1, 0.15) is 11.6 Å². The minimum Gasteiger partial charge on any atom is -0.261 e. The number of hydrogen-bond donors (Lipinski definition) is 1. The van der Waals surface area contributed by atoms with Crippen molar-refractivity contribution in [3.63, 3.8) is 0 Å². The van der Waals surface area contributed by atoms with E-state index in [-0.39, 0.29) is 0 Å². The van der Waals surface area contributed by atoms with E-state index >= 15 is 0 Å². The topological polar surface area (TPSA) is 50.2 Å². The standard InChI is InChI=1S/C22H24N4/c1-4-8-20(19-13-11-16(2)12-14-19)25-26-22-15-21(23-17(3)24-22)18-9-6-5-7-10-18/h5-7,9-15H,4,8H2,1-3H3,(H,23,24,26)/b25-20+. The summed E-state index contributed by atoms with van der Waals surface area (Å²) in [6.45, 7) is 6.15. The van der Waals surface area contributed by atoms with Crippen LogP contribution in [0.2, 0.25) is 0 Å². The quantitative estimate of drug-likeness (QED) is 0.482. The van der Waals surface area contributed by atoms with Crippen molar-refractivity contribution in [2.24, 2.45) is 5.10 Å². The molecule has 1 heterocycles. The number of hydrazone groups is 1. The summed E-state index contributed by atoms with van der Waals surface area (Å²) in [4.78, 5) is 9.01. The largest absolute Gasteiger partial charge is 0.261 e. The Morgan fingerprint density at radius 1 is 0.962 bits per heavy atom. The van der Waals surface area contributed by atoms with Crippen molar-refractivity contribution in [2.75, 3.05) is 5.43 Å². The number of nitrogens with one attached hydrogen (secondary N) is 1. The monoisotopic (exact) mass is 344 g/mol. The van der Waals surface area contributed by atoms with Gasteiger partial charge < -0.3 is 0 Å². The summed E-state index contributed by atoms with van der Waals surface area (Å²) in [6, 6.07) is 20.5. The number of rotatable bonds is 6. The second kappa shape index (κ2) is 8.39. The third-order valence-electron chi connectivity index (χ3n) is 4.08. The van der Waals surface area contributed by atoms with Gasteiger partial charge in [-0.05, 0) is 25.8 Å². The van der Waals surface area contributed by atoms with Crippen molar-refractivity contribution in [1.82, 2.24) is 9.97 Å². The Morgan fingerprint density at radius 3 is 2.38 bits per heavy atom. The van der Waals surface area contributed by atoms with Crippen molar-refractivity contribution in [1.29, 1.82) is 0 Å². The molecule has 1 aromatic heterocycles. The fraction of sp³-hybridized carbons (Fsp3) is 0.227. The second-order valence-electron chi connectivity index (χ2n) is 6.34. The molecule has 0 unspecified atom stereocenters. The average Bonchev–Trinajstić information content (AvgIpc) is 2.66. The van der Waals surface area contributed by atoms with E-state index in [1.54, 1.807) is 0 Å². The van der Waals surface area contributed by atoms with Gasteiger partial charge in [0.15, 0.2) is 0 Å². The molecule has 0 saturated carbocycles. The molecule has 0 aliphatic carbocycles. The number of nitrogens with zero attached hydrogens (tertiary/aromatic N) is 3. The van der Waals surface area contributed by atoms with Crippen LogP contribution in [0.15, 0.2) is 65.8 Å². The molecule has 4 heteroatoms. The van der Waals surface area contributed by atoms with E-state index in [0.29, 0.717) is 5.82 Å². The summed E-state index contributed by atoms with van der Waals surface area (Å²) in [5.74, 6) is 1.42. The van der Waals surface area contributed by atoms with Crippen LogP contribution >= 0.6 is 0 Å². The minimum absolute atomic E-state index is 0.706. The van der Waals surface area contributed by atoms with Crippen molar-refractivity contribution in [3.8, 4) is 11.3 Å². The maximum atomic E-state index is 4.64.